The van der Waals surface area contributed by atoms with Crippen molar-refractivity contribution in [3.8, 4) is 5.75 Å². The lowest BCUT2D eigenvalue weighted by Gasteiger charge is -2.34. The number of likely N-dealkylation sites (tertiary alicyclic amines) is 1. The number of carbonyl (C=O) groups is 2. The second-order valence-electron chi connectivity index (χ2n) is 6.96. The summed E-state index contributed by atoms with van der Waals surface area (Å²) in [5.41, 5.74) is 1.17. The van der Waals surface area contributed by atoms with Crippen LogP contribution in [-0.2, 0) is 9.59 Å². The van der Waals surface area contributed by atoms with Crippen molar-refractivity contribution in [1.82, 2.24) is 10.2 Å². The largest absolute Gasteiger partial charge is 0.491 e. The van der Waals surface area contributed by atoms with E-state index in [9.17, 15) is 9.59 Å². The highest BCUT2D eigenvalue weighted by atomic mass is 16.5. The minimum atomic E-state index is -0.0149. The van der Waals surface area contributed by atoms with E-state index in [0.717, 1.165) is 31.6 Å². The Bertz CT molecular complexity index is 586. The Labute approximate surface area is 150 Å². The van der Waals surface area contributed by atoms with Gasteiger partial charge >= 0.3 is 0 Å². The molecule has 1 aromatic carbocycles. The smallest absolute Gasteiger partial charge is 0.222 e. The van der Waals surface area contributed by atoms with E-state index in [2.05, 4.69) is 25.2 Å². The van der Waals surface area contributed by atoms with Gasteiger partial charge < -0.3 is 15.0 Å². The molecule has 0 saturated carbocycles. The molecule has 1 aliphatic heterocycles. The normalized spacial score (nSPS) is 17.4. The van der Waals surface area contributed by atoms with Crippen LogP contribution in [0.25, 0.3) is 0 Å². The molecule has 0 unspecified atom stereocenters. The molecule has 5 nitrogen and oxygen atoms in total. The second-order valence-corrected chi connectivity index (χ2v) is 6.96. The number of ether oxygens (including phenoxy) is 1. The first kappa shape index (κ1) is 19.3. The number of hydrogen-bond donors (Lipinski definition) is 1. The van der Waals surface area contributed by atoms with Crippen molar-refractivity contribution < 1.29 is 14.3 Å². The van der Waals surface area contributed by atoms with Crippen molar-refractivity contribution >= 4 is 11.8 Å². The minimum absolute atomic E-state index is 0.0149. The van der Waals surface area contributed by atoms with Crippen LogP contribution in [0.3, 0.4) is 0 Å². The van der Waals surface area contributed by atoms with E-state index < -0.39 is 0 Å². The summed E-state index contributed by atoms with van der Waals surface area (Å²) in [5.74, 6) is 1.32. The summed E-state index contributed by atoms with van der Waals surface area (Å²) in [4.78, 5) is 25.7. The fourth-order valence-corrected chi connectivity index (χ4v) is 3.35. The van der Waals surface area contributed by atoms with Crippen LogP contribution < -0.4 is 10.1 Å². The Kier molecular flexibility index (Phi) is 7.29. The van der Waals surface area contributed by atoms with E-state index in [4.69, 9.17) is 4.74 Å². The van der Waals surface area contributed by atoms with E-state index in [1.54, 1.807) is 6.92 Å². The zero-order chi connectivity index (χ0) is 18.2. The summed E-state index contributed by atoms with van der Waals surface area (Å²) in [6.07, 6.45) is 3.39. The number of carbonyl (C=O) groups excluding carboxylic acids is 2. The van der Waals surface area contributed by atoms with Crippen molar-refractivity contribution in [1.29, 1.82) is 0 Å². The SMILES string of the molecule is CC(=O)N1CCCC[C@H]1CC(=O)NCCOc1ccccc1C(C)C. The topological polar surface area (TPSA) is 58.6 Å². The molecular weight excluding hydrogens is 316 g/mol. The maximum atomic E-state index is 12.2. The van der Waals surface area contributed by atoms with E-state index in [1.807, 2.05) is 23.1 Å². The zero-order valence-corrected chi connectivity index (χ0v) is 15.6. The molecule has 2 amide bonds. The van der Waals surface area contributed by atoms with Gasteiger partial charge in [0.2, 0.25) is 11.8 Å². The standard InChI is InChI=1S/C20H30N2O3/c1-15(2)18-9-4-5-10-19(18)25-13-11-21-20(24)14-17-8-6-7-12-22(17)16(3)23/h4-5,9-10,15,17H,6-8,11-14H2,1-3H3,(H,21,24)/t17-/m0/s1. The summed E-state index contributed by atoms with van der Waals surface area (Å²) in [7, 11) is 0. The van der Waals surface area contributed by atoms with Crippen LogP contribution in [0.4, 0.5) is 0 Å². The number of amides is 2. The highest BCUT2D eigenvalue weighted by Gasteiger charge is 2.26. The van der Waals surface area contributed by atoms with Gasteiger partial charge in [0.1, 0.15) is 12.4 Å². The molecule has 1 aromatic rings. The van der Waals surface area contributed by atoms with Crippen LogP contribution in [-0.4, -0.2) is 42.5 Å². The lowest BCUT2D eigenvalue weighted by Crippen LogP contribution is -2.45. The first-order chi connectivity index (χ1) is 12.0. The number of para-hydroxylation sites is 1. The molecule has 0 radical (unpaired) electrons. The Morgan fingerprint density at radius 1 is 1.28 bits per heavy atom. The van der Waals surface area contributed by atoms with Crippen LogP contribution in [0.2, 0.25) is 0 Å². The summed E-state index contributed by atoms with van der Waals surface area (Å²) in [6, 6.07) is 8.03. The maximum absolute atomic E-state index is 12.2. The number of hydrogen-bond acceptors (Lipinski definition) is 3. The molecule has 1 fully saturated rings. The molecule has 0 bridgehead atoms. The molecule has 5 heteroatoms. The number of piperidine rings is 1. The van der Waals surface area contributed by atoms with Gasteiger partial charge in [-0.15, -0.1) is 0 Å². The Hall–Kier alpha value is -2.04. The predicted octanol–water partition coefficient (Wildman–Crippen LogP) is 3.10. The first-order valence-electron chi connectivity index (χ1n) is 9.24. The molecule has 138 valence electrons. The van der Waals surface area contributed by atoms with Gasteiger partial charge in [0.05, 0.1) is 6.54 Å². The van der Waals surface area contributed by atoms with Crippen molar-refractivity contribution in [2.45, 2.75) is 58.4 Å². The van der Waals surface area contributed by atoms with Gasteiger partial charge in [0.15, 0.2) is 0 Å². The fourth-order valence-electron chi connectivity index (χ4n) is 3.35. The molecule has 1 aliphatic rings. The van der Waals surface area contributed by atoms with Crippen LogP contribution >= 0.6 is 0 Å². The Morgan fingerprint density at radius 2 is 2.04 bits per heavy atom. The molecule has 0 spiro atoms. The van der Waals surface area contributed by atoms with E-state index in [1.165, 1.54) is 5.56 Å². The number of nitrogens with one attached hydrogen (secondary N) is 1. The summed E-state index contributed by atoms with van der Waals surface area (Å²) < 4.78 is 5.82. The van der Waals surface area contributed by atoms with Gasteiger partial charge in [-0.05, 0) is 36.8 Å². The van der Waals surface area contributed by atoms with Gasteiger partial charge in [-0.3, -0.25) is 9.59 Å². The molecule has 1 saturated heterocycles. The van der Waals surface area contributed by atoms with Crippen molar-refractivity contribution in [3.63, 3.8) is 0 Å². The van der Waals surface area contributed by atoms with Crippen molar-refractivity contribution in [2.75, 3.05) is 19.7 Å². The first-order valence-corrected chi connectivity index (χ1v) is 9.24. The Balaban J connectivity index is 1.74. The second kappa shape index (κ2) is 9.44. The summed E-state index contributed by atoms with van der Waals surface area (Å²) in [5, 5.41) is 2.91. The quantitative estimate of drug-likeness (QED) is 0.772. The lowest BCUT2D eigenvalue weighted by atomic mass is 9.99. The average molecular weight is 346 g/mol. The summed E-state index contributed by atoms with van der Waals surface area (Å²) >= 11 is 0. The predicted molar refractivity (Wildman–Crippen MR) is 98.7 cm³/mol. The van der Waals surface area contributed by atoms with Crippen LogP contribution in [0, 0.1) is 0 Å². The van der Waals surface area contributed by atoms with Gasteiger partial charge in [-0.25, -0.2) is 0 Å². The fraction of sp³-hybridized carbons (Fsp3) is 0.600. The number of nitrogens with zero attached hydrogens (tertiary/aromatic N) is 1. The van der Waals surface area contributed by atoms with Gasteiger partial charge in [-0.1, -0.05) is 32.0 Å². The molecule has 1 atom stereocenters. The molecule has 1 N–H and O–H groups in total. The Morgan fingerprint density at radius 3 is 2.76 bits per heavy atom. The van der Waals surface area contributed by atoms with Gasteiger partial charge in [0.25, 0.3) is 0 Å². The van der Waals surface area contributed by atoms with Crippen LogP contribution in [0.5, 0.6) is 5.75 Å². The van der Waals surface area contributed by atoms with E-state index in [-0.39, 0.29) is 17.9 Å². The van der Waals surface area contributed by atoms with Gasteiger partial charge in [-0.2, -0.15) is 0 Å². The van der Waals surface area contributed by atoms with E-state index >= 15 is 0 Å². The van der Waals surface area contributed by atoms with Gasteiger partial charge in [0, 0.05) is 25.9 Å². The average Bonchev–Trinajstić information content (AvgIpc) is 2.59. The monoisotopic (exact) mass is 346 g/mol. The van der Waals surface area contributed by atoms with Crippen LogP contribution in [0.15, 0.2) is 24.3 Å². The van der Waals surface area contributed by atoms with E-state index in [0.29, 0.717) is 25.5 Å². The maximum Gasteiger partial charge on any atom is 0.222 e. The molecule has 0 aliphatic carbocycles. The van der Waals surface area contributed by atoms with Crippen LogP contribution in [0.1, 0.15) is 57.9 Å². The molecular formula is C20H30N2O3. The number of benzene rings is 1. The molecule has 1 heterocycles. The lowest BCUT2D eigenvalue weighted by molar-refractivity contribution is -0.134. The van der Waals surface area contributed by atoms with Crippen molar-refractivity contribution in [3.05, 3.63) is 29.8 Å². The number of rotatable bonds is 7. The van der Waals surface area contributed by atoms with Crippen molar-refractivity contribution in [2.24, 2.45) is 0 Å². The highest BCUT2D eigenvalue weighted by Crippen LogP contribution is 2.25. The summed E-state index contributed by atoms with van der Waals surface area (Å²) in [6.45, 7) is 7.52. The third-order valence-electron chi connectivity index (χ3n) is 4.68. The molecule has 2 rings (SSSR count). The molecule has 0 aromatic heterocycles. The molecule has 25 heavy (non-hydrogen) atoms. The zero-order valence-electron chi connectivity index (χ0n) is 15.6. The third kappa shape index (κ3) is 5.76. The minimum Gasteiger partial charge on any atom is -0.491 e. The highest BCUT2D eigenvalue weighted by molar-refractivity contribution is 5.78. The third-order valence-corrected chi connectivity index (χ3v) is 4.68.